The third kappa shape index (κ3) is 6.41. The Labute approximate surface area is 183 Å². The van der Waals surface area contributed by atoms with Gasteiger partial charge in [0, 0.05) is 17.9 Å². The molecule has 0 fully saturated rings. The van der Waals surface area contributed by atoms with Crippen LogP contribution in [0.4, 0.5) is 0 Å². The second-order valence-corrected chi connectivity index (χ2v) is 8.97. The third-order valence-corrected chi connectivity index (χ3v) is 5.73. The van der Waals surface area contributed by atoms with Gasteiger partial charge in [-0.1, -0.05) is 35.9 Å². The van der Waals surface area contributed by atoms with Crippen LogP contribution in [0.3, 0.4) is 0 Å². The van der Waals surface area contributed by atoms with E-state index in [1.165, 1.54) is 0 Å². The molecule has 1 unspecified atom stereocenters. The molecule has 3 N–H and O–H groups in total. The van der Waals surface area contributed by atoms with Crippen molar-refractivity contribution in [3.63, 3.8) is 0 Å². The van der Waals surface area contributed by atoms with Crippen LogP contribution in [0.5, 0.6) is 11.5 Å². The average molecular weight is 445 g/mol. The molecular formula is C23H28N2O5S. The second kappa shape index (κ2) is 10.1. The lowest BCUT2D eigenvalue weighted by Crippen LogP contribution is -2.34. The summed E-state index contributed by atoms with van der Waals surface area (Å²) in [6, 6.07) is 15.8. The molecule has 0 radical (unpaired) electrons. The minimum atomic E-state index is -4.02. The monoisotopic (exact) mass is 444 g/mol. The predicted octanol–water partition coefficient (Wildman–Crippen LogP) is 3.82. The first-order valence-electron chi connectivity index (χ1n) is 10.1. The summed E-state index contributed by atoms with van der Waals surface area (Å²) in [5.74, 6) is 0.730. The molecule has 0 bridgehead atoms. The number of benzene rings is 3. The number of rotatable bonds is 10. The summed E-state index contributed by atoms with van der Waals surface area (Å²) in [4.78, 5) is 5.31. The van der Waals surface area contributed by atoms with E-state index in [1.807, 2.05) is 38.1 Å². The van der Waals surface area contributed by atoms with Gasteiger partial charge in [0.1, 0.15) is 16.4 Å². The summed E-state index contributed by atoms with van der Waals surface area (Å²) in [7, 11) is -4.02. The highest BCUT2D eigenvalue weighted by molar-refractivity contribution is 7.87. The highest BCUT2D eigenvalue weighted by Crippen LogP contribution is 2.29. The molecule has 1 atom stereocenters. The van der Waals surface area contributed by atoms with Crippen molar-refractivity contribution in [2.24, 2.45) is 5.73 Å². The molecule has 3 aromatic rings. The van der Waals surface area contributed by atoms with Crippen LogP contribution in [0, 0.1) is 13.8 Å². The Kier molecular flexibility index (Phi) is 7.50. The summed E-state index contributed by atoms with van der Waals surface area (Å²) < 4.78 is 37.2. The van der Waals surface area contributed by atoms with Gasteiger partial charge in [-0.15, -0.1) is 0 Å². The molecule has 7 nitrogen and oxygen atoms in total. The normalized spacial score (nSPS) is 12.6. The number of ether oxygens (including phenoxy) is 1. The zero-order chi connectivity index (χ0) is 22.4. The summed E-state index contributed by atoms with van der Waals surface area (Å²) in [6.07, 6.45) is 0.391. The fourth-order valence-corrected chi connectivity index (χ4v) is 4.26. The maximum atomic E-state index is 13.0. The average Bonchev–Trinajstić information content (AvgIpc) is 2.69. The van der Waals surface area contributed by atoms with E-state index in [9.17, 15) is 8.42 Å². The van der Waals surface area contributed by atoms with E-state index >= 15 is 0 Å². The number of aryl methyl sites for hydroxylation is 2. The molecule has 0 amide bonds. The van der Waals surface area contributed by atoms with Crippen molar-refractivity contribution in [3.05, 3.63) is 65.7 Å². The van der Waals surface area contributed by atoms with Crippen molar-refractivity contribution >= 4 is 20.9 Å². The van der Waals surface area contributed by atoms with Crippen LogP contribution in [0.25, 0.3) is 10.8 Å². The molecule has 0 saturated carbocycles. The highest BCUT2D eigenvalue weighted by Gasteiger charge is 2.20. The number of hydrogen-bond donors (Lipinski definition) is 2. The fraction of sp³-hybridized carbons (Fsp3) is 0.304. The van der Waals surface area contributed by atoms with Crippen molar-refractivity contribution in [2.75, 3.05) is 13.2 Å². The number of hydrogen-bond acceptors (Lipinski definition) is 7. The molecule has 3 rings (SSSR count). The summed E-state index contributed by atoms with van der Waals surface area (Å²) in [5, 5.41) is 1.47. The van der Waals surface area contributed by atoms with Gasteiger partial charge in [-0.25, -0.2) is 0 Å². The minimum absolute atomic E-state index is 0.132. The molecule has 0 aliphatic carbocycles. The van der Waals surface area contributed by atoms with E-state index in [4.69, 9.17) is 19.5 Å². The van der Waals surface area contributed by atoms with Crippen LogP contribution in [-0.4, -0.2) is 27.8 Å². The molecule has 0 aliphatic heterocycles. The second-order valence-electron chi connectivity index (χ2n) is 7.46. The van der Waals surface area contributed by atoms with Gasteiger partial charge < -0.3 is 19.5 Å². The van der Waals surface area contributed by atoms with Gasteiger partial charge >= 0.3 is 10.1 Å². The largest absolute Gasteiger partial charge is 0.493 e. The number of hydroxylamine groups is 1. The molecule has 0 saturated heterocycles. The van der Waals surface area contributed by atoms with Crippen molar-refractivity contribution < 1.29 is 22.2 Å². The summed E-state index contributed by atoms with van der Waals surface area (Å²) in [6.45, 7) is 6.43. The van der Waals surface area contributed by atoms with E-state index < -0.39 is 10.1 Å². The quantitative estimate of drug-likeness (QED) is 0.212. The molecule has 31 heavy (non-hydrogen) atoms. The van der Waals surface area contributed by atoms with E-state index in [-0.39, 0.29) is 16.8 Å². The SMILES string of the molecule is Cc1cc(OCCCONC(C)N)cc(OS(=O)(=O)c2cccc3cc(C)ccc23)c1. The van der Waals surface area contributed by atoms with Crippen molar-refractivity contribution in [1.82, 2.24) is 5.48 Å². The van der Waals surface area contributed by atoms with Gasteiger partial charge in [0.05, 0.1) is 19.4 Å². The van der Waals surface area contributed by atoms with Gasteiger partial charge in [-0.05, 0) is 49.9 Å². The first-order valence-corrected chi connectivity index (χ1v) is 11.5. The van der Waals surface area contributed by atoms with Crippen LogP contribution in [0.1, 0.15) is 24.5 Å². The predicted molar refractivity (Wildman–Crippen MR) is 121 cm³/mol. The van der Waals surface area contributed by atoms with Crippen LogP contribution in [-0.2, 0) is 15.0 Å². The number of nitrogens with two attached hydrogens (primary N) is 1. The summed E-state index contributed by atoms with van der Waals surface area (Å²) in [5.41, 5.74) is 10.1. The Morgan fingerprint density at radius 1 is 0.968 bits per heavy atom. The highest BCUT2D eigenvalue weighted by atomic mass is 32.2. The van der Waals surface area contributed by atoms with Gasteiger partial charge in [0.15, 0.2) is 0 Å². The molecule has 0 aliphatic rings. The zero-order valence-corrected chi connectivity index (χ0v) is 18.7. The van der Waals surface area contributed by atoms with Gasteiger partial charge in [0.25, 0.3) is 0 Å². The third-order valence-electron chi connectivity index (χ3n) is 4.42. The zero-order valence-electron chi connectivity index (χ0n) is 17.9. The van der Waals surface area contributed by atoms with E-state index in [0.717, 1.165) is 16.5 Å². The van der Waals surface area contributed by atoms with E-state index in [0.29, 0.717) is 30.8 Å². The Morgan fingerprint density at radius 2 is 1.74 bits per heavy atom. The minimum Gasteiger partial charge on any atom is -0.493 e. The van der Waals surface area contributed by atoms with Gasteiger partial charge in [-0.2, -0.15) is 13.9 Å². The maximum Gasteiger partial charge on any atom is 0.339 e. The smallest absolute Gasteiger partial charge is 0.339 e. The Bertz CT molecular complexity index is 1150. The Morgan fingerprint density at radius 3 is 2.52 bits per heavy atom. The topological polar surface area (TPSA) is 99.9 Å². The lowest BCUT2D eigenvalue weighted by molar-refractivity contribution is 0.0154. The Balaban J connectivity index is 1.72. The van der Waals surface area contributed by atoms with Gasteiger partial charge in [-0.3, -0.25) is 0 Å². The maximum absolute atomic E-state index is 13.0. The number of nitrogens with one attached hydrogen (secondary N) is 1. The molecule has 0 aromatic heterocycles. The molecular weight excluding hydrogens is 416 g/mol. The molecule has 166 valence electrons. The van der Waals surface area contributed by atoms with Crippen LogP contribution >= 0.6 is 0 Å². The lowest BCUT2D eigenvalue weighted by Gasteiger charge is -2.13. The first kappa shape index (κ1) is 23.0. The van der Waals surface area contributed by atoms with Crippen molar-refractivity contribution in [3.8, 4) is 11.5 Å². The molecule has 0 spiro atoms. The van der Waals surface area contributed by atoms with Crippen LogP contribution in [0.15, 0.2) is 59.5 Å². The standard InChI is InChI=1S/C23H28N2O5S/c1-16-8-9-22-19(12-16)6-4-7-23(22)31(26,27)30-21-14-17(2)13-20(15-21)28-10-5-11-29-25-18(3)24/h4,6-9,12-15,18,25H,5,10-11,24H2,1-3H3. The number of fused-ring (bicyclic) bond motifs is 1. The lowest BCUT2D eigenvalue weighted by atomic mass is 10.1. The van der Waals surface area contributed by atoms with E-state index in [1.54, 1.807) is 37.3 Å². The van der Waals surface area contributed by atoms with Crippen molar-refractivity contribution in [2.45, 2.75) is 38.3 Å². The molecule has 3 aromatic carbocycles. The van der Waals surface area contributed by atoms with Gasteiger partial charge in [0.2, 0.25) is 0 Å². The summed E-state index contributed by atoms with van der Waals surface area (Å²) >= 11 is 0. The first-order chi connectivity index (χ1) is 14.7. The molecule has 8 heteroatoms. The van der Waals surface area contributed by atoms with E-state index in [2.05, 4.69) is 5.48 Å². The van der Waals surface area contributed by atoms with Crippen LogP contribution in [0.2, 0.25) is 0 Å². The Hall–Kier alpha value is -2.65. The fourth-order valence-electron chi connectivity index (χ4n) is 3.12. The molecule has 0 heterocycles. The van der Waals surface area contributed by atoms with Crippen LogP contribution < -0.4 is 20.1 Å². The van der Waals surface area contributed by atoms with Crippen molar-refractivity contribution in [1.29, 1.82) is 0 Å².